The maximum atomic E-state index is 12.4. The Kier molecular flexibility index (Phi) is 6.05. The number of ether oxygens (including phenoxy) is 1. The van der Waals surface area contributed by atoms with Crippen molar-refractivity contribution in [3.8, 4) is 5.69 Å². The molecule has 1 N–H and O–H groups in total. The second-order valence-corrected chi connectivity index (χ2v) is 7.54. The number of nitrogens with one attached hydrogen (secondary N) is 1. The van der Waals surface area contributed by atoms with Gasteiger partial charge in [-0.15, -0.1) is 11.3 Å². The van der Waals surface area contributed by atoms with E-state index in [1.165, 1.54) is 11.3 Å². The number of hydrogen-bond acceptors (Lipinski definition) is 5. The summed E-state index contributed by atoms with van der Waals surface area (Å²) in [6.45, 7) is -0.364. The molecule has 0 spiro atoms. The van der Waals surface area contributed by atoms with Crippen molar-refractivity contribution in [2.24, 2.45) is 0 Å². The van der Waals surface area contributed by atoms with Crippen LogP contribution in [-0.2, 0) is 4.74 Å². The van der Waals surface area contributed by atoms with E-state index in [4.69, 9.17) is 4.74 Å². The molecule has 0 saturated heterocycles. The third kappa shape index (κ3) is 4.79. The molecule has 2 aromatic carbocycles. The smallest absolute Gasteiger partial charge is 0.350 e. The zero-order valence-electron chi connectivity index (χ0n) is 16.4. The van der Waals surface area contributed by atoms with Crippen LogP contribution in [0.15, 0.2) is 90.6 Å². The van der Waals surface area contributed by atoms with Crippen LogP contribution in [0.4, 0.5) is 5.69 Å². The van der Waals surface area contributed by atoms with Crippen molar-refractivity contribution >= 4 is 34.7 Å². The third-order valence-electron chi connectivity index (χ3n) is 4.55. The molecule has 2 aromatic heterocycles. The van der Waals surface area contributed by atoms with Gasteiger partial charge in [0.1, 0.15) is 4.88 Å². The van der Waals surface area contributed by atoms with Gasteiger partial charge in [-0.3, -0.25) is 9.59 Å². The van der Waals surface area contributed by atoms with Gasteiger partial charge in [-0.1, -0.05) is 18.2 Å². The molecule has 2 heterocycles. The van der Waals surface area contributed by atoms with E-state index < -0.39 is 5.97 Å². The van der Waals surface area contributed by atoms with Crippen molar-refractivity contribution in [1.29, 1.82) is 0 Å². The molecule has 4 aromatic rings. The second kappa shape index (κ2) is 9.23. The fourth-order valence-corrected chi connectivity index (χ4v) is 3.75. The minimum atomic E-state index is -0.543. The van der Waals surface area contributed by atoms with E-state index in [2.05, 4.69) is 5.32 Å². The van der Waals surface area contributed by atoms with Gasteiger partial charge in [0.2, 0.25) is 0 Å². The molecule has 0 aliphatic carbocycles. The van der Waals surface area contributed by atoms with Gasteiger partial charge in [-0.05, 0) is 60.0 Å². The second-order valence-electron chi connectivity index (χ2n) is 6.62. The van der Waals surface area contributed by atoms with Gasteiger partial charge in [-0.2, -0.15) is 0 Å². The lowest BCUT2D eigenvalue weighted by molar-refractivity contribution is 0.0479. The summed E-state index contributed by atoms with van der Waals surface area (Å²) in [5.74, 6) is -1.10. The number of carbonyl (C=O) groups is 3. The van der Waals surface area contributed by atoms with Crippen molar-refractivity contribution in [3.05, 3.63) is 107 Å². The summed E-state index contributed by atoms with van der Waals surface area (Å²) in [7, 11) is 0. The van der Waals surface area contributed by atoms with Crippen molar-refractivity contribution in [1.82, 2.24) is 4.57 Å². The van der Waals surface area contributed by atoms with Gasteiger partial charge in [-0.25, -0.2) is 4.79 Å². The van der Waals surface area contributed by atoms with Crippen LogP contribution in [0, 0.1) is 0 Å². The fraction of sp³-hybridized carbons (Fsp3) is 0.0417. The highest BCUT2D eigenvalue weighted by atomic mass is 32.1. The number of aromatic nitrogens is 1. The van der Waals surface area contributed by atoms with Crippen LogP contribution >= 0.6 is 11.3 Å². The summed E-state index contributed by atoms with van der Waals surface area (Å²) in [6.07, 6.45) is 3.67. The first-order chi connectivity index (χ1) is 15.1. The molecule has 0 atom stereocenters. The molecule has 154 valence electrons. The molecule has 31 heavy (non-hydrogen) atoms. The van der Waals surface area contributed by atoms with Crippen LogP contribution in [0.3, 0.4) is 0 Å². The Hall–Kier alpha value is -3.97. The highest BCUT2D eigenvalue weighted by Gasteiger charge is 2.18. The van der Waals surface area contributed by atoms with Gasteiger partial charge >= 0.3 is 5.97 Å². The summed E-state index contributed by atoms with van der Waals surface area (Å²) in [6, 6.07) is 20.9. The molecular weight excluding hydrogens is 412 g/mol. The Morgan fingerprint density at radius 1 is 0.839 bits per heavy atom. The van der Waals surface area contributed by atoms with Crippen LogP contribution in [0.25, 0.3) is 5.69 Å². The standard InChI is InChI=1S/C24H18N2O4S/c27-21(16-30-24(29)22-20(12-15-31-22)26-13-4-5-14-26)17-8-10-19(11-9-17)25-23(28)18-6-2-1-3-7-18/h1-15H,16H2,(H,25,28). The number of nitrogens with zero attached hydrogens (tertiary/aromatic N) is 1. The lowest BCUT2D eigenvalue weighted by Crippen LogP contribution is -2.15. The third-order valence-corrected chi connectivity index (χ3v) is 5.43. The van der Waals surface area contributed by atoms with E-state index in [1.54, 1.807) is 53.9 Å². The highest BCUT2D eigenvalue weighted by molar-refractivity contribution is 7.12. The first kappa shape index (κ1) is 20.3. The molecule has 0 radical (unpaired) electrons. The number of carbonyl (C=O) groups excluding carboxylic acids is 3. The quantitative estimate of drug-likeness (QED) is 0.336. The van der Waals surface area contributed by atoms with E-state index in [1.807, 2.05) is 41.2 Å². The molecule has 0 aliphatic heterocycles. The molecule has 7 heteroatoms. The summed E-state index contributed by atoms with van der Waals surface area (Å²) in [5, 5.41) is 4.58. The van der Waals surface area contributed by atoms with Crippen LogP contribution in [-0.4, -0.2) is 28.8 Å². The largest absolute Gasteiger partial charge is 0.453 e. The number of benzene rings is 2. The number of amides is 1. The van der Waals surface area contributed by atoms with Gasteiger partial charge in [0.15, 0.2) is 12.4 Å². The van der Waals surface area contributed by atoms with Crippen molar-refractivity contribution in [3.63, 3.8) is 0 Å². The predicted octanol–water partition coefficient (Wildman–Crippen LogP) is 4.83. The first-order valence-electron chi connectivity index (χ1n) is 9.49. The Morgan fingerprint density at radius 2 is 1.55 bits per heavy atom. The average molecular weight is 430 g/mol. The molecule has 0 aliphatic rings. The normalized spacial score (nSPS) is 10.5. The molecule has 0 unspecified atom stereocenters. The summed E-state index contributed by atoms with van der Waals surface area (Å²) < 4.78 is 7.05. The van der Waals surface area contributed by atoms with Gasteiger partial charge in [0.25, 0.3) is 5.91 Å². The molecule has 0 fully saturated rings. The van der Waals surface area contributed by atoms with Crippen LogP contribution in [0.1, 0.15) is 30.4 Å². The van der Waals surface area contributed by atoms with Crippen molar-refractivity contribution in [2.75, 3.05) is 11.9 Å². The first-order valence-corrected chi connectivity index (χ1v) is 10.4. The molecule has 0 saturated carbocycles. The number of Topliss-reactive ketones (excluding diaryl/α,β-unsaturated/α-hetero) is 1. The van der Waals surface area contributed by atoms with E-state index >= 15 is 0 Å². The monoisotopic (exact) mass is 430 g/mol. The van der Waals surface area contributed by atoms with Crippen LogP contribution < -0.4 is 5.32 Å². The van der Waals surface area contributed by atoms with Crippen LogP contribution in [0.2, 0.25) is 0 Å². The zero-order valence-corrected chi connectivity index (χ0v) is 17.2. The van der Waals surface area contributed by atoms with Gasteiger partial charge < -0.3 is 14.6 Å². The minimum absolute atomic E-state index is 0.233. The number of anilines is 1. The lowest BCUT2D eigenvalue weighted by atomic mass is 10.1. The predicted molar refractivity (Wildman–Crippen MR) is 119 cm³/mol. The maximum absolute atomic E-state index is 12.4. The Balaban J connectivity index is 1.35. The van der Waals surface area contributed by atoms with Crippen molar-refractivity contribution < 1.29 is 19.1 Å². The Labute approximate surface area is 182 Å². The lowest BCUT2D eigenvalue weighted by Gasteiger charge is -2.08. The number of rotatable bonds is 7. The number of thiophene rings is 1. The molecule has 4 rings (SSSR count). The summed E-state index contributed by atoms with van der Waals surface area (Å²) in [4.78, 5) is 37.5. The van der Waals surface area contributed by atoms with Gasteiger partial charge in [0, 0.05) is 29.2 Å². The number of esters is 1. The summed E-state index contributed by atoms with van der Waals surface area (Å²) >= 11 is 1.26. The van der Waals surface area contributed by atoms with E-state index in [0.717, 1.165) is 0 Å². The Bertz CT molecular complexity index is 1200. The zero-order chi connectivity index (χ0) is 21.6. The van der Waals surface area contributed by atoms with Crippen molar-refractivity contribution in [2.45, 2.75) is 0 Å². The van der Waals surface area contributed by atoms with E-state index in [-0.39, 0.29) is 18.3 Å². The molecule has 6 nitrogen and oxygen atoms in total. The minimum Gasteiger partial charge on any atom is -0.453 e. The van der Waals surface area contributed by atoms with Gasteiger partial charge in [0.05, 0.1) is 5.69 Å². The van der Waals surface area contributed by atoms with E-state index in [9.17, 15) is 14.4 Å². The molecule has 1 amide bonds. The number of hydrogen-bond donors (Lipinski definition) is 1. The fourth-order valence-electron chi connectivity index (χ4n) is 2.97. The van der Waals surface area contributed by atoms with Crippen LogP contribution in [0.5, 0.6) is 0 Å². The SMILES string of the molecule is O=C(COC(=O)c1sccc1-n1cccc1)c1ccc(NC(=O)c2ccccc2)cc1. The Morgan fingerprint density at radius 3 is 2.26 bits per heavy atom. The molecule has 0 bridgehead atoms. The molecular formula is C24H18N2O4S. The number of ketones is 1. The van der Waals surface area contributed by atoms with E-state index in [0.29, 0.717) is 27.4 Å². The summed E-state index contributed by atoms with van der Waals surface area (Å²) in [5.41, 5.74) is 2.22. The topological polar surface area (TPSA) is 77.4 Å². The highest BCUT2D eigenvalue weighted by Crippen LogP contribution is 2.22. The maximum Gasteiger partial charge on any atom is 0.350 e. The average Bonchev–Trinajstić information content (AvgIpc) is 3.50.